The zero-order chi connectivity index (χ0) is 13.7. The highest BCUT2D eigenvalue weighted by molar-refractivity contribution is 14.0. The van der Waals surface area contributed by atoms with Gasteiger partial charge in [-0.2, -0.15) is 0 Å². The molecule has 0 spiro atoms. The van der Waals surface area contributed by atoms with Gasteiger partial charge in [0.15, 0.2) is 5.96 Å². The van der Waals surface area contributed by atoms with Crippen molar-refractivity contribution in [1.82, 2.24) is 15.6 Å². The summed E-state index contributed by atoms with van der Waals surface area (Å²) in [5, 5.41) is 7.65. The molecular weight excluding hydrogens is 403 g/mol. The van der Waals surface area contributed by atoms with Gasteiger partial charge in [-0.1, -0.05) is 0 Å². The number of aliphatic imine (C=N–C) groups is 1. The SMILES string of the molecule is CN=C(NCc1ccc(C)s1)NCc1ncc(C)s1.I. The summed E-state index contributed by atoms with van der Waals surface area (Å²) in [4.78, 5) is 12.4. The Morgan fingerprint density at radius 3 is 2.45 bits per heavy atom. The zero-order valence-corrected chi connectivity index (χ0v) is 15.7. The molecule has 4 nitrogen and oxygen atoms in total. The maximum Gasteiger partial charge on any atom is 0.191 e. The Balaban J connectivity index is 0.00000200. The van der Waals surface area contributed by atoms with Crippen molar-refractivity contribution in [2.45, 2.75) is 26.9 Å². The molecule has 0 unspecified atom stereocenters. The second-order valence-corrected chi connectivity index (χ2v) is 6.85. The van der Waals surface area contributed by atoms with Gasteiger partial charge in [0.2, 0.25) is 0 Å². The summed E-state index contributed by atoms with van der Waals surface area (Å²) < 4.78 is 0. The Labute approximate surface area is 144 Å². The highest BCUT2D eigenvalue weighted by atomic mass is 127. The number of rotatable bonds is 4. The van der Waals surface area contributed by atoms with Crippen LogP contribution in [0.4, 0.5) is 0 Å². The number of nitrogens with one attached hydrogen (secondary N) is 2. The Morgan fingerprint density at radius 1 is 1.15 bits per heavy atom. The summed E-state index contributed by atoms with van der Waals surface area (Å²) >= 11 is 3.51. The lowest BCUT2D eigenvalue weighted by Crippen LogP contribution is -2.36. The summed E-state index contributed by atoms with van der Waals surface area (Å²) in [5.41, 5.74) is 0. The highest BCUT2D eigenvalue weighted by Crippen LogP contribution is 2.14. The maximum atomic E-state index is 4.32. The second kappa shape index (κ2) is 8.58. The first-order valence-corrected chi connectivity index (χ1v) is 7.72. The van der Waals surface area contributed by atoms with Gasteiger partial charge in [0.25, 0.3) is 0 Å². The molecule has 0 bridgehead atoms. The third kappa shape index (κ3) is 5.37. The van der Waals surface area contributed by atoms with Gasteiger partial charge in [0.05, 0.1) is 13.1 Å². The van der Waals surface area contributed by atoms with E-state index in [9.17, 15) is 0 Å². The van der Waals surface area contributed by atoms with Crippen molar-refractivity contribution in [3.05, 3.63) is 38.0 Å². The monoisotopic (exact) mass is 422 g/mol. The third-order valence-electron chi connectivity index (χ3n) is 2.53. The summed E-state index contributed by atoms with van der Waals surface area (Å²) in [5.74, 6) is 0.805. The Bertz CT molecular complexity index is 516. The van der Waals surface area contributed by atoms with E-state index in [2.05, 4.69) is 46.6 Å². The molecule has 0 aromatic carbocycles. The fraction of sp³-hybridized carbons (Fsp3) is 0.385. The van der Waals surface area contributed by atoms with Crippen LogP contribution < -0.4 is 10.6 Å². The molecule has 7 heteroatoms. The molecule has 2 aromatic rings. The fourth-order valence-corrected chi connectivity index (χ4v) is 3.17. The van der Waals surface area contributed by atoms with Crippen molar-refractivity contribution in [2.24, 2.45) is 4.99 Å². The summed E-state index contributed by atoms with van der Waals surface area (Å²) in [6.45, 7) is 5.69. The molecule has 110 valence electrons. The number of hydrogen-bond acceptors (Lipinski definition) is 4. The number of aryl methyl sites for hydroxylation is 2. The Kier molecular flexibility index (Phi) is 7.46. The summed E-state index contributed by atoms with van der Waals surface area (Å²) in [6, 6.07) is 4.28. The predicted molar refractivity (Wildman–Crippen MR) is 98.4 cm³/mol. The molecule has 0 amide bonds. The molecule has 2 N–H and O–H groups in total. The molecule has 0 aliphatic rings. The van der Waals surface area contributed by atoms with Crippen molar-refractivity contribution >= 4 is 52.6 Å². The number of thiazole rings is 1. The van der Waals surface area contributed by atoms with Crippen molar-refractivity contribution in [3.63, 3.8) is 0 Å². The van der Waals surface area contributed by atoms with E-state index < -0.39 is 0 Å². The van der Waals surface area contributed by atoms with Gasteiger partial charge in [0, 0.05) is 27.9 Å². The van der Waals surface area contributed by atoms with Crippen LogP contribution in [0.2, 0.25) is 0 Å². The minimum atomic E-state index is 0. The average Bonchev–Trinajstić information content (AvgIpc) is 2.99. The fourth-order valence-electron chi connectivity index (χ4n) is 1.61. The lowest BCUT2D eigenvalue weighted by molar-refractivity contribution is 0.811. The zero-order valence-electron chi connectivity index (χ0n) is 11.8. The first-order chi connectivity index (χ1) is 9.17. The van der Waals surface area contributed by atoms with Crippen LogP contribution in [0.3, 0.4) is 0 Å². The molecule has 0 aliphatic heterocycles. The molecular formula is C13H19IN4S2. The number of halogens is 1. The first-order valence-electron chi connectivity index (χ1n) is 6.08. The van der Waals surface area contributed by atoms with E-state index in [0.29, 0.717) is 6.54 Å². The predicted octanol–water partition coefficient (Wildman–Crippen LogP) is 3.30. The standard InChI is InChI=1S/C13H18N4S2.HI/c1-9-4-5-11(18-9)7-16-13(14-3)17-8-12-15-6-10(2)19-12;/h4-6H,7-8H2,1-3H3,(H2,14,16,17);1H. The van der Waals surface area contributed by atoms with Crippen LogP contribution in [0.15, 0.2) is 23.3 Å². The van der Waals surface area contributed by atoms with Crippen molar-refractivity contribution in [3.8, 4) is 0 Å². The number of nitrogens with zero attached hydrogens (tertiary/aromatic N) is 2. The van der Waals surface area contributed by atoms with Gasteiger partial charge in [-0.15, -0.1) is 46.7 Å². The van der Waals surface area contributed by atoms with E-state index >= 15 is 0 Å². The molecule has 20 heavy (non-hydrogen) atoms. The van der Waals surface area contributed by atoms with E-state index in [1.54, 1.807) is 29.7 Å². The minimum absolute atomic E-state index is 0. The van der Waals surface area contributed by atoms with E-state index in [1.807, 2.05) is 6.20 Å². The van der Waals surface area contributed by atoms with Crippen LogP contribution in [-0.4, -0.2) is 18.0 Å². The molecule has 2 heterocycles. The lowest BCUT2D eigenvalue weighted by atomic mass is 10.4. The van der Waals surface area contributed by atoms with Gasteiger partial charge < -0.3 is 10.6 Å². The number of aromatic nitrogens is 1. The van der Waals surface area contributed by atoms with Gasteiger partial charge in [-0.25, -0.2) is 4.98 Å². The third-order valence-corrected chi connectivity index (χ3v) is 4.44. The van der Waals surface area contributed by atoms with Crippen LogP contribution in [0.5, 0.6) is 0 Å². The van der Waals surface area contributed by atoms with Gasteiger partial charge in [-0.3, -0.25) is 4.99 Å². The van der Waals surface area contributed by atoms with E-state index in [0.717, 1.165) is 17.5 Å². The van der Waals surface area contributed by atoms with Crippen LogP contribution in [0.1, 0.15) is 19.6 Å². The first kappa shape index (κ1) is 17.4. The summed E-state index contributed by atoms with van der Waals surface area (Å²) in [7, 11) is 1.78. The Morgan fingerprint density at radius 2 is 1.90 bits per heavy atom. The van der Waals surface area contributed by atoms with Crippen molar-refractivity contribution < 1.29 is 0 Å². The number of thiophene rings is 1. The van der Waals surface area contributed by atoms with Crippen LogP contribution in [0, 0.1) is 13.8 Å². The smallest absolute Gasteiger partial charge is 0.191 e. The quantitative estimate of drug-likeness (QED) is 0.452. The Hall–Kier alpha value is -0.670. The van der Waals surface area contributed by atoms with E-state index in [-0.39, 0.29) is 24.0 Å². The van der Waals surface area contributed by atoms with Crippen LogP contribution in [-0.2, 0) is 13.1 Å². The maximum absolute atomic E-state index is 4.32. The topological polar surface area (TPSA) is 49.3 Å². The lowest BCUT2D eigenvalue weighted by Gasteiger charge is -2.09. The van der Waals surface area contributed by atoms with Crippen molar-refractivity contribution in [2.75, 3.05) is 7.05 Å². The molecule has 0 saturated heterocycles. The molecule has 2 aromatic heterocycles. The highest BCUT2D eigenvalue weighted by Gasteiger charge is 2.02. The average molecular weight is 422 g/mol. The molecule has 0 atom stereocenters. The van der Waals surface area contributed by atoms with Gasteiger partial charge in [0.1, 0.15) is 5.01 Å². The van der Waals surface area contributed by atoms with Crippen LogP contribution >= 0.6 is 46.7 Å². The molecule has 2 rings (SSSR count). The minimum Gasteiger partial charge on any atom is -0.352 e. The molecule has 0 radical (unpaired) electrons. The molecule has 0 aliphatic carbocycles. The molecule has 0 fully saturated rings. The number of guanidine groups is 1. The summed E-state index contributed by atoms with van der Waals surface area (Å²) in [6.07, 6.45) is 1.90. The normalized spacial score (nSPS) is 11.1. The van der Waals surface area contributed by atoms with Crippen LogP contribution in [0.25, 0.3) is 0 Å². The molecule has 0 saturated carbocycles. The van der Waals surface area contributed by atoms with E-state index in [4.69, 9.17) is 0 Å². The largest absolute Gasteiger partial charge is 0.352 e. The van der Waals surface area contributed by atoms with E-state index in [1.165, 1.54) is 14.6 Å². The van der Waals surface area contributed by atoms with Gasteiger partial charge >= 0.3 is 0 Å². The van der Waals surface area contributed by atoms with Crippen molar-refractivity contribution in [1.29, 1.82) is 0 Å². The van der Waals surface area contributed by atoms with Gasteiger partial charge in [-0.05, 0) is 26.0 Å². The number of hydrogen-bond donors (Lipinski definition) is 2. The second-order valence-electron chi connectivity index (χ2n) is 4.16.